The maximum absolute atomic E-state index is 8.47. The molecular weight excluding hydrogens is 390 g/mol. The third-order valence-electron chi connectivity index (χ3n) is 5.49. The van der Waals surface area contributed by atoms with Gasteiger partial charge in [-0.2, -0.15) is 9.40 Å². The Labute approximate surface area is 199 Å². The van der Waals surface area contributed by atoms with Gasteiger partial charge >= 0.3 is 11.7 Å². The van der Waals surface area contributed by atoms with E-state index in [9.17, 15) is 0 Å². The summed E-state index contributed by atoms with van der Waals surface area (Å²) < 4.78 is 47.4. The van der Waals surface area contributed by atoms with Crippen molar-refractivity contribution in [3.05, 3.63) is 95.9 Å². The van der Waals surface area contributed by atoms with E-state index < -0.39 is 18.1 Å². The summed E-state index contributed by atoms with van der Waals surface area (Å²) in [6, 6.07) is 15.8. The van der Waals surface area contributed by atoms with E-state index in [-0.39, 0.29) is 34.2 Å². The van der Waals surface area contributed by atoms with E-state index in [0.717, 1.165) is 16.7 Å². The van der Waals surface area contributed by atoms with Crippen LogP contribution in [0.1, 0.15) is 59.5 Å². The Morgan fingerprint density at radius 3 is 1.66 bits per heavy atom. The van der Waals surface area contributed by atoms with Crippen molar-refractivity contribution in [3.63, 3.8) is 0 Å². The van der Waals surface area contributed by atoms with Crippen LogP contribution in [0.2, 0.25) is 0 Å². The first-order valence-corrected chi connectivity index (χ1v) is 10.8. The normalized spacial score (nSPS) is 14.2. The Hall–Kier alpha value is -3.26. The summed E-state index contributed by atoms with van der Waals surface area (Å²) in [5.41, 5.74) is 4.15. The molecule has 0 unspecified atom stereocenters. The van der Waals surface area contributed by atoms with Gasteiger partial charge in [-0.05, 0) is 46.2 Å². The van der Waals surface area contributed by atoms with Crippen LogP contribution in [0.3, 0.4) is 0 Å². The fraction of sp³-hybridized carbons (Fsp3) is 0.267. The van der Waals surface area contributed by atoms with Crippen molar-refractivity contribution >= 4 is 0 Å². The van der Waals surface area contributed by atoms with Gasteiger partial charge < -0.3 is 0 Å². The van der Waals surface area contributed by atoms with Gasteiger partial charge in [-0.25, -0.2) is 0 Å². The molecule has 162 valence electrons. The molecule has 0 fully saturated rings. The second-order valence-corrected chi connectivity index (χ2v) is 10.1. The number of hydrogen-bond donors (Lipinski definition) is 0. The minimum Gasteiger partial charge on any atom is -0.186 e. The zero-order valence-corrected chi connectivity index (χ0v) is 19.6. The van der Waals surface area contributed by atoms with Gasteiger partial charge in [0.1, 0.15) is 5.56 Å². The molecule has 0 radical (unpaired) electrons. The van der Waals surface area contributed by atoms with Gasteiger partial charge in [0.05, 0.1) is 24.2 Å². The Kier molecular flexibility index (Phi) is 4.27. The minimum absolute atomic E-state index is 0.00760. The summed E-state index contributed by atoms with van der Waals surface area (Å²) in [7, 11) is 0. The highest BCUT2D eigenvalue weighted by molar-refractivity contribution is 5.69. The van der Waals surface area contributed by atoms with Crippen LogP contribution in [-0.2, 0) is 10.8 Å². The summed E-state index contributed by atoms with van der Waals surface area (Å²) in [6.07, 6.45) is 0. The lowest BCUT2D eigenvalue weighted by molar-refractivity contribution is 0.561. The van der Waals surface area contributed by atoms with Gasteiger partial charge in [-0.3, -0.25) is 0 Å². The van der Waals surface area contributed by atoms with E-state index in [1.807, 2.05) is 48.5 Å². The summed E-state index contributed by atoms with van der Waals surface area (Å²) in [5, 5.41) is 0. The van der Waals surface area contributed by atoms with Crippen LogP contribution in [0.5, 0.6) is 0 Å². The first kappa shape index (κ1) is 16.4. The molecule has 0 bridgehead atoms. The molecule has 32 heavy (non-hydrogen) atoms. The van der Waals surface area contributed by atoms with Crippen molar-refractivity contribution < 1.29 is 11.3 Å². The molecule has 1 aromatic heterocycles. The van der Waals surface area contributed by atoms with Crippen LogP contribution in [0.4, 0.5) is 0 Å². The van der Waals surface area contributed by atoms with Crippen LogP contribution in [0.25, 0.3) is 34.0 Å². The van der Waals surface area contributed by atoms with Crippen LogP contribution in [-0.4, -0.2) is 4.98 Å². The third kappa shape index (κ3) is 4.80. The molecule has 0 aliphatic carbocycles. The lowest BCUT2D eigenvalue weighted by Crippen LogP contribution is -2.10. The van der Waals surface area contributed by atoms with E-state index >= 15 is 0 Å². The third-order valence-corrected chi connectivity index (χ3v) is 5.49. The van der Waals surface area contributed by atoms with Gasteiger partial charge in [-0.15, -0.1) is 0 Å². The van der Waals surface area contributed by atoms with Gasteiger partial charge in [0.25, 0.3) is 0 Å². The van der Waals surface area contributed by atoms with Gasteiger partial charge in [0.2, 0.25) is 0 Å². The predicted molar refractivity (Wildman–Crippen MR) is 135 cm³/mol. The molecule has 4 rings (SSSR count). The molecule has 0 amide bonds. The topological polar surface area (TPSA) is 24.2 Å². The van der Waals surface area contributed by atoms with E-state index in [1.165, 1.54) is 5.56 Å². The monoisotopic (exact) mass is 427 g/mol. The molecule has 0 aliphatic heterocycles. The quantitative estimate of drug-likeness (QED) is 0.306. The molecule has 2 nitrogen and oxygen atoms in total. The standard InChI is InChI=1S/C30H32NO/c1-29(2,3)24-16-12-22(13-17-24)27-20-26(21-10-8-7-9-11-21)31-28(32-27)23-14-18-25(19-15-23)30(4,5)6/h7-20H,1-6H3/q+1/i7D,8D,9D,10D,11D. The smallest absolute Gasteiger partial charge is 0.186 e. The highest BCUT2D eigenvalue weighted by atomic mass is 16.3. The number of hydrogen-bond acceptors (Lipinski definition) is 1. The summed E-state index contributed by atoms with van der Waals surface area (Å²) in [5.74, 6) is 0.798. The molecule has 1 heterocycles. The fourth-order valence-corrected chi connectivity index (χ4v) is 3.44. The van der Waals surface area contributed by atoms with Crippen molar-refractivity contribution in [2.45, 2.75) is 52.4 Å². The SMILES string of the molecule is [2H]c1c([2H])c([2H])c(-c2cc(-c3ccc(C(C)(C)C)cc3)[o+]c(-c3ccc(C(C)(C)C)cc3)n2)c([2H])c1[2H]. The molecular formula is C30H32NO+. The minimum atomic E-state index is -0.435. The lowest BCUT2D eigenvalue weighted by atomic mass is 9.86. The van der Waals surface area contributed by atoms with Crippen molar-refractivity contribution in [2.75, 3.05) is 0 Å². The van der Waals surface area contributed by atoms with Crippen molar-refractivity contribution in [2.24, 2.45) is 0 Å². The lowest BCUT2D eigenvalue weighted by Gasteiger charge is -2.18. The number of nitrogens with zero attached hydrogens (tertiary/aromatic N) is 1. The average molecular weight is 428 g/mol. The van der Waals surface area contributed by atoms with E-state index in [0.29, 0.717) is 11.7 Å². The number of aromatic nitrogens is 1. The fourth-order valence-electron chi connectivity index (χ4n) is 3.44. The van der Waals surface area contributed by atoms with Crippen molar-refractivity contribution in [1.82, 2.24) is 4.98 Å². The number of rotatable bonds is 3. The van der Waals surface area contributed by atoms with Crippen molar-refractivity contribution in [1.29, 1.82) is 0 Å². The molecule has 3 aromatic carbocycles. The molecule has 0 saturated carbocycles. The highest BCUT2D eigenvalue weighted by Gasteiger charge is 2.24. The van der Waals surface area contributed by atoms with Crippen LogP contribution in [0.15, 0.2) is 89.2 Å². The van der Waals surface area contributed by atoms with E-state index in [1.54, 1.807) is 6.07 Å². The van der Waals surface area contributed by atoms with Gasteiger partial charge in [0.15, 0.2) is 0 Å². The molecule has 0 saturated heterocycles. The molecule has 2 heteroatoms. The Morgan fingerprint density at radius 1 is 0.656 bits per heavy atom. The van der Waals surface area contributed by atoms with Crippen LogP contribution < -0.4 is 0 Å². The maximum atomic E-state index is 8.47. The average Bonchev–Trinajstić information content (AvgIpc) is 2.85. The maximum Gasteiger partial charge on any atom is 0.460 e. The van der Waals surface area contributed by atoms with E-state index in [4.69, 9.17) is 11.3 Å². The molecule has 0 spiro atoms. The first-order valence-electron chi connectivity index (χ1n) is 13.3. The Morgan fingerprint density at radius 2 is 1.16 bits per heavy atom. The molecule has 4 aromatic rings. The number of benzene rings is 3. The molecule has 0 N–H and O–H groups in total. The second-order valence-electron chi connectivity index (χ2n) is 10.1. The summed E-state index contributed by atoms with van der Waals surface area (Å²) >= 11 is 0. The zero-order valence-electron chi connectivity index (χ0n) is 24.6. The zero-order chi connectivity index (χ0) is 27.3. The Bertz CT molecular complexity index is 1360. The first-order chi connectivity index (χ1) is 17.2. The summed E-state index contributed by atoms with van der Waals surface area (Å²) in [4.78, 5) is 4.65. The van der Waals surface area contributed by atoms with E-state index in [2.05, 4.69) is 46.5 Å². The second kappa shape index (κ2) is 8.35. The Balaban J connectivity index is 1.95. The summed E-state index contributed by atoms with van der Waals surface area (Å²) in [6.45, 7) is 12.9. The van der Waals surface area contributed by atoms with Crippen molar-refractivity contribution in [3.8, 4) is 34.0 Å². The highest BCUT2D eigenvalue weighted by Crippen LogP contribution is 2.32. The van der Waals surface area contributed by atoms with Crippen LogP contribution >= 0.6 is 0 Å². The predicted octanol–water partition coefficient (Wildman–Crippen LogP) is 8.55. The molecule has 0 aliphatic rings. The largest absolute Gasteiger partial charge is 0.460 e. The molecule has 0 atom stereocenters. The van der Waals surface area contributed by atoms with Crippen LogP contribution in [0, 0.1) is 0 Å². The van der Waals surface area contributed by atoms with Gasteiger partial charge in [0, 0.05) is 5.56 Å². The van der Waals surface area contributed by atoms with Gasteiger partial charge in [-0.1, -0.05) is 96.0 Å².